The maximum atomic E-state index is 14.1. The van der Waals surface area contributed by atoms with Gasteiger partial charge >= 0.3 is 5.97 Å². The number of Topliss-reactive ketones (excluding diaryl/α,β-unsaturated/α-hetero) is 1. The average Bonchev–Trinajstić information content (AvgIpc) is 3.50. The molecular weight excluding hydrogens is 572 g/mol. The summed E-state index contributed by atoms with van der Waals surface area (Å²) in [5, 5.41) is 0. The Bertz CT molecular complexity index is 1640. The van der Waals surface area contributed by atoms with E-state index in [9.17, 15) is 14.4 Å². The van der Waals surface area contributed by atoms with E-state index in [0.717, 1.165) is 18.4 Å². The predicted octanol–water partition coefficient (Wildman–Crippen LogP) is 6.34. The molecule has 0 amide bonds. The van der Waals surface area contributed by atoms with Crippen LogP contribution in [0.3, 0.4) is 0 Å². The Morgan fingerprint density at radius 3 is 2.49 bits per heavy atom. The van der Waals surface area contributed by atoms with E-state index in [1.165, 1.54) is 6.08 Å². The highest BCUT2D eigenvalue weighted by molar-refractivity contribution is 5.99. The number of methoxy groups -OCH3 is 2. The summed E-state index contributed by atoms with van der Waals surface area (Å²) in [7, 11) is 3.16. The molecule has 0 radical (unpaired) electrons. The van der Waals surface area contributed by atoms with Crippen LogP contribution in [0.15, 0.2) is 59.4 Å². The molecule has 7 rings (SSSR count). The van der Waals surface area contributed by atoms with Gasteiger partial charge in [-0.1, -0.05) is 40.7 Å². The second-order valence-corrected chi connectivity index (χ2v) is 14.9. The Balaban J connectivity index is 1.31. The molecule has 1 aromatic heterocycles. The first kappa shape index (κ1) is 30.0. The van der Waals surface area contributed by atoms with Crippen LogP contribution in [0.2, 0.25) is 0 Å². The standard InChI is InChI=1S/C37H42O8/c1-33(2)26-19-28(44-29(39)11-8-21-18-23(41-6)9-10-24(21)42-7)36(5)25(34(26,3)15-13-27(33)38)12-16-35(4)30(22-14-17-43-20-22)31(40)32-37(35,36)45-32/h8-11,13-15,17-18,20,25-26,28,30,32H,12,16,19H2,1-7H3/b11-8+/t25-,26+,28-,30-,32-,34-,35+,36+,37-/m1/s1. The SMILES string of the molecule is COc1ccc(OC)c(/C=C/C(=O)O[C@@H]2C[C@H]3C(C)(C)C(=O)C=C[C@]3(C)[C@H]3CC[C@@]4(C)[C@H](c5ccoc5)C(=O)[C@H]5O[C@]54[C@@]32C)c1. The van der Waals surface area contributed by atoms with Gasteiger partial charge in [-0.2, -0.15) is 0 Å². The Hall–Kier alpha value is -3.65. The lowest BCUT2D eigenvalue weighted by Crippen LogP contribution is -2.70. The molecule has 0 N–H and O–H groups in total. The van der Waals surface area contributed by atoms with Crippen LogP contribution in [0.5, 0.6) is 11.5 Å². The summed E-state index contributed by atoms with van der Waals surface area (Å²) < 4.78 is 29.4. The third-order valence-corrected chi connectivity index (χ3v) is 12.8. The second-order valence-electron chi connectivity index (χ2n) is 14.9. The molecule has 45 heavy (non-hydrogen) atoms. The van der Waals surface area contributed by atoms with E-state index in [-0.39, 0.29) is 34.7 Å². The lowest BCUT2D eigenvalue weighted by Gasteiger charge is -2.67. The third-order valence-electron chi connectivity index (χ3n) is 12.8. The molecular formula is C37H42O8. The predicted molar refractivity (Wildman–Crippen MR) is 166 cm³/mol. The van der Waals surface area contributed by atoms with E-state index in [1.54, 1.807) is 57.1 Å². The number of epoxide rings is 1. The molecule has 238 valence electrons. The number of fused-ring (bicyclic) bond motifs is 3. The normalized spacial score (nSPS) is 40.7. The minimum atomic E-state index is -0.819. The van der Waals surface area contributed by atoms with Crippen LogP contribution in [-0.4, -0.2) is 49.6 Å². The Morgan fingerprint density at radius 2 is 1.80 bits per heavy atom. The summed E-state index contributed by atoms with van der Waals surface area (Å²) in [6.07, 6.45) is 11.1. The highest BCUT2D eigenvalue weighted by Gasteiger charge is 2.90. The molecule has 1 spiro atoms. The van der Waals surface area contributed by atoms with Crippen molar-refractivity contribution >= 4 is 23.6 Å². The highest BCUT2D eigenvalue weighted by atomic mass is 16.6. The first-order valence-corrected chi connectivity index (χ1v) is 15.9. The maximum absolute atomic E-state index is 14.1. The van der Waals surface area contributed by atoms with Crippen molar-refractivity contribution in [2.24, 2.45) is 33.5 Å². The summed E-state index contributed by atoms with van der Waals surface area (Å²) in [5.74, 6) is 0.452. The van der Waals surface area contributed by atoms with Crippen molar-refractivity contribution in [3.05, 3.63) is 66.1 Å². The maximum Gasteiger partial charge on any atom is 0.331 e. The minimum absolute atomic E-state index is 0.00149. The number of allylic oxidation sites excluding steroid dienone is 2. The van der Waals surface area contributed by atoms with E-state index in [4.69, 9.17) is 23.4 Å². The summed E-state index contributed by atoms with van der Waals surface area (Å²) in [5.41, 5.74) is -1.51. The number of rotatable bonds is 6. The average molecular weight is 615 g/mol. The van der Waals surface area contributed by atoms with Crippen molar-refractivity contribution in [3.8, 4) is 11.5 Å². The van der Waals surface area contributed by atoms with Crippen molar-refractivity contribution < 1.29 is 37.7 Å². The van der Waals surface area contributed by atoms with Gasteiger partial charge in [0.05, 0.1) is 32.7 Å². The van der Waals surface area contributed by atoms with Gasteiger partial charge in [-0.05, 0) is 72.9 Å². The van der Waals surface area contributed by atoms with Crippen molar-refractivity contribution in [2.75, 3.05) is 14.2 Å². The van der Waals surface area contributed by atoms with Crippen LogP contribution in [0.25, 0.3) is 6.08 Å². The second kappa shape index (κ2) is 9.68. The van der Waals surface area contributed by atoms with Gasteiger partial charge in [-0.15, -0.1) is 0 Å². The van der Waals surface area contributed by atoms with Crippen LogP contribution in [0, 0.1) is 33.5 Å². The molecule has 1 aromatic carbocycles. The molecule has 9 atom stereocenters. The van der Waals surface area contributed by atoms with Gasteiger partial charge in [-0.25, -0.2) is 4.79 Å². The molecule has 5 aliphatic rings. The van der Waals surface area contributed by atoms with Crippen LogP contribution in [-0.2, 0) is 23.9 Å². The number of carbonyl (C=O) groups is 3. The lowest BCUT2D eigenvalue weighted by molar-refractivity contribution is -0.231. The molecule has 2 aromatic rings. The van der Waals surface area contributed by atoms with E-state index in [0.29, 0.717) is 23.5 Å². The molecule has 3 saturated carbocycles. The molecule has 2 heterocycles. The molecule has 4 fully saturated rings. The van der Waals surface area contributed by atoms with Gasteiger partial charge in [0.2, 0.25) is 0 Å². The van der Waals surface area contributed by atoms with E-state index in [2.05, 4.69) is 26.8 Å². The molecule has 1 aliphatic heterocycles. The number of ketones is 2. The van der Waals surface area contributed by atoms with Gasteiger partial charge in [0.15, 0.2) is 11.6 Å². The van der Waals surface area contributed by atoms with Crippen LogP contribution in [0.4, 0.5) is 0 Å². The van der Waals surface area contributed by atoms with E-state index in [1.807, 2.05) is 19.9 Å². The molecule has 1 saturated heterocycles. The number of benzene rings is 1. The minimum Gasteiger partial charge on any atom is -0.497 e. The molecule has 8 nitrogen and oxygen atoms in total. The number of ether oxygens (including phenoxy) is 4. The topological polar surface area (TPSA) is 105 Å². The monoisotopic (exact) mass is 614 g/mol. The quantitative estimate of drug-likeness (QED) is 0.211. The fraction of sp³-hybridized carbons (Fsp3) is 0.541. The number of hydrogen-bond acceptors (Lipinski definition) is 8. The first-order chi connectivity index (χ1) is 21.3. The molecule has 0 bridgehead atoms. The van der Waals surface area contributed by atoms with Crippen molar-refractivity contribution in [1.82, 2.24) is 0 Å². The zero-order valence-corrected chi connectivity index (χ0v) is 27.0. The fourth-order valence-corrected chi connectivity index (χ4v) is 10.7. The third kappa shape index (κ3) is 3.72. The summed E-state index contributed by atoms with van der Waals surface area (Å²) in [6, 6.07) is 7.25. The Kier molecular flexibility index (Phi) is 6.46. The lowest BCUT2D eigenvalue weighted by atomic mass is 9.36. The Morgan fingerprint density at radius 1 is 1.02 bits per heavy atom. The Labute approximate surface area is 264 Å². The number of hydrogen-bond donors (Lipinski definition) is 0. The highest BCUT2D eigenvalue weighted by Crippen LogP contribution is 2.81. The molecule has 0 unspecified atom stereocenters. The van der Waals surface area contributed by atoms with Crippen LogP contribution < -0.4 is 9.47 Å². The fourth-order valence-electron chi connectivity index (χ4n) is 10.7. The van der Waals surface area contributed by atoms with E-state index >= 15 is 0 Å². The zero-order valence-electron chi connectivity index (χ0n) is 27.0. The number of carbonyl (C=O) groups excluding carboxylic acids is 3. The van der Waals surface area contributed by atoms with Crippen molar-refractivity contribution in [1.29, 1.82) is 0 Å². The van der Waals surface area contributed by atoms with Crippen LogP contribution >= 0.6 is 0 Å². The van der Waals surface area contributed by atoms with Crippen molar-refractivity contribution in [2.45, 2.75) is 77.6 Å². The summed E-state index contributed by atoms with van der Waals surface area (Å²) in [4.78, 5) is 41.1. The van der Waals surface area contributed by atoms with Gasteiger partial charge in [-0.3, -0.25) is 9.59 Å². The van der Waals surface area contributed by atoms with Crippen molar-refractivity contribution in [3.63, 3.8) is 0 Å². The van der Waals surface area contributed by atoms with Gasteiger partial charge in [0.1, 0.15) is 29.3 Å². The number of furan rings is 1. The number of esters is 1. The first-order valence-electron chi connectivity index (χ1n) is 15.9. The summed E-state index contributed by atoms with van der Waals surface area (Å²) in [6.45, 7) is 10.6. The van der Waals surface area contributed by atoms with Crippen LogP contribution in [0.1, 0.15) is 70.9 Å². The van der Waals surface area contributed by atoms with Gasteiger partial charge < -0.3 is 23.4 Å². The van der Waals surface area contributed by atoms with Gasteiger partial charge in [0.25, 0.3) is 0 Å². The van der Waals surface area contributed by atoms with Gasteiger partial charge in [0, 0.05) is 33.4 Å². The smallest absolute Gasteiger partial charge is 0.331 e. The summed E-state index contributed by atoms with van der Waals surface area (Å²) >= 11 is 0. The largest absolute Gasteiger partial charge is 0.497 e. The zero-order chi connectivity index (χ0) is 32.2. The van der Waals surface area contributed by atoms with E-state index < -0.39 is 40.0 Å². The molecule has 4 aliphatic carbocycles. The molecule has 8 heteroatoms.